The molecule has 0 spiro atoms. The van der Waals surface area contributed by atoms with Crippen molar-refractivity contribution in [3.8, 4) is 22.8 Å². The quantitative estimate of drug-likeness (QED) is 0.795. The summed E-state index contributed by atoms with van der Waals surface area (Å²) >= 11 is 0. The average Bonchev–Trinajstić information content (AvgIpc) is 2.76. The topological polar surface area (TPSA) is 55.5 Å². The van der Waals surface area contributed by atoms with Crippen molar-refractivity contribution in [2.75, 3.05) is 7.11 Å². The molecule has 0 saturated heterocycles. The number of aromatic hydroxyl groups is 1. The summed E-state index contributed by atoms with van der Waals surface area (Å²) < 4.78 is 10.1. The number of phenols is 1. The van der Waals surface area contributed by atoms with Gasteiger partial charge in [-0.3, -0.25) is 0 Å². The second-order valence-electron chi connectivity index (χ2n) is 3.87. The fraction of sp³-hybridized carbons (Fsp3) is 0.250. The minimum Gasteiger partial charge on any atom is -0.504 e. The zero-order valence-electron chi connectivity index (χ0n) is 8.86. The van der Waals surface area contributed by atoms with E-state index in [4.69, 9.17) is 9.26 Å². The predicted octanol–water partition coefficient (Wildman–Crippen LogP) is 2.15. The van der Waals surface area contributed by atoms with Crippen LogP contribution in [0.2, 0.25) is 0 Å². The van der Waals surface area contributed by atoms with Gasteiger partial charge in [0.05, 0.1) is 7.11 Å². The molecule has 0 saturated carbocycles. The van der Waals surface area contributed by atoms with E-state index in [-0.39, 0.29) is 5.75 Å². The Bertz CT molecular complexity index is 545. The maximum atomic E-state index is 9.70. The molecule has 1 aliphatic rings. The summed E-state index contributed by atoms with van der Waals surface area (Å²) in [4.78, 5) is 0. The van der Waals surface area contributed by atoms with Crippen LogP contribution >= 0.6 is 0 Å². The smallest absolute Gasteiger partial charge is 0.161 e. The lowest BCUT2D eigenvalue weighted by Crippen LogP contribution is -2.03. The fourth-order valence-corrected chi connectivity index (χ4v) is 2.13. The highest BCUT2D eigenvalue weighted by molar-refractivity contribution is 5.72. The molecule has 0 unspecified atom stereocenters. The third kappa shape index (κ3) is 1.19. The molecule has 0 fully saturated rings. The lowest BCUT2D eigenvalue weighted by molar-refractivity contribution is 0.373. The van der Waals surface area contributed by atoms with Gasteiger partial charge in [-0.15, -0.1) is 0 Å². The molecule has 0 amide bonds. The molecule has 1 N–H and O–H groups in total. The maximum absolute atomic E-state index is 9.70. The standard InChI is InChI=1S/C12H11NO3/c1-15-11-5-9-7(4-10(11)14)2-3-8-6-16-13-12(8)9/h4-6,14H,2-3H2,1H3. The van der Waals surface area contributed by atoms with Crippen molar-refractivity contribution in [3.63, 3.8) is 0 Å². The van der Waals surface area contributed by atoms with Gasteiger partial charge in [0, 0.05) is 11.1 Å². The second-order valence-corrected chi connectivity index (χ2v) is 3.87. The van der Waals surface area contributed by atoms with Gasteiger partial charge in [-0.05, 0) is 30.5 Å². The molecule has 0 atom stereocenters. The van der Waals surface area contributed by atoms with Gasteiger partial charge in [0.2, 0.25) is 0 Å². The van der Waals surface area contributed by atoms with Gasteiger partial charge in [-0.2, -0.15) is 0 Å². The Balaban J connectivity index is 2.24. The lowest BCUT2D eigenvalue weighted by Gasteiger charge is -2.16. The van der Waals surface area contributed by atoms with E-state index >= 15 is 0 Å². The summed E-state index contributed by atoms with van der Waals surface area (Å²) in [5.41, 5.74) is 4.05. The van der Waals surface area contributed by atoms with Crippen molar-refractivity contribution in [3.05, 3.63) is 29.5 Å². The summed E-state index contributed by atoms with van der Waals surface area (Å²) in [5.74, 6) is 0.641. The predicted molar refractivity (Wildman–Crippen MR) is 57.6 cm³/mol. The van der Waals surface area contributed by atoms with Gasteiger partial charge in [0.1, 0.15) is 12.0 Å². The van der Waals surface area contributed by atoms with Crippen molar-refractivity contribution in [2.45, 2.75) is 12.8 Å². The molecular formula is C12H11NO3. The molecule has 82 valence electrons. The summed E-state index contributed by atoms with van der Waals surface area (Å²) in [5, 5.41) is 13.7. The third-order valence-electron chi connectivity index (χ3n) is 2.97. The van der Waals surface area contributed by atoms with E-state index in [1.54, 1.807) is 12.3 Å². The highest BCUT2D eigenvalue weighted by atomic mass is 16.5. The number of hydrogen-bond donors (Lipinski definition) is 1. The van der Waals surface area contributed by atoms with Crippen LogP contribution < -0.4 is 4.74 Å². The van der Waals surface area contributed by atoms with Gasteiger partial charge in [-0.25, -0.2) is 0 Å². The number of methoxy groups -OCH3 is 1. The molecule has 4 nitrogen and oxygen atoms in total. The summed E-state index contributed by atoms with van der Waals surface area (Å²) in [6.07, 6.45) is 3.47. The number of aryl methyl sites for hydroxylation is 2. The van der Waals surface area contributed by atoms with Gasteiger partial charge in [0.15, 0.2) is 11.5 Å². The number of rotatable bonds is 1. The van der Waals surface area contributed by atoms with E-state index in [2.05, 4.69) is 5.16 Å². The number of hydrogen-bond acceptors (Lipinski definition) is 4. The molecule has 0 bridgehead atoms. The Kier molecular flexibility index (Phi) is 1.89. The SMILES string of the molecule is COc1cc2c(cc1O)CCc1conc1-2. The highest BCUT2D eigenvalue weighted by Gasteiger charge is 2.21. The van der Waals surface area contributed by atoms with Crippen molar-refractivity contribution < 1.29 is 14.4 Å². The van der Waals surface area contributed by atoms with Crippen LogP contribution in [-0.4, -0.2) is 17.4 Å². The zero-order valence-corrected chi connectivity index (χ0v) is 8.86. The molecule has 1 aromatic carbocycles. The first kappa shape index (κ1) is 9.27. The lowest BCUT2D eigenvalue weighted by atomic mass is 9.90. The second kappa shape index (κ2) is 3.27. The summed E-state index contributed by atoms with van der Waals surface area (Å²) in [6, 6.07) is 3.55. The Morgan fingerprint density at radius 3 is 2.94 bits per heavy atom. The number of fused-ring (bicyclic) bond motifs is 3. The molecule has 1 heterocycles. The van der Waals surface area contributed by atoms with E-state index in [1.807, 2.05) is 6.07 Å². The number of phenolic OH excluding ortho intramolecular Hbond substituents is 1. The Morgan fingerprint density at radius 2 is 2.12 bits per heavy atom. The normalized spacial score (nSPS) is 13.1. The van der Waals surface area contributed by atoms with Gasteiger partial charge >= 0.3 is 0 Å². The third-order valence-corrected chi connectivity index (χ3v) is 2.97. The van der Waals surface area contributed by atoms with E-state index in [0.29, 0.717) is 5.75 Å². The first-order valence-corrected chi connectivity index (χ1v) is 5.13. The number of benzene rings is 1. The molecule has 0 radical (unpaired) electrons. The van der Waals surface area contributed by atoms with Crippen LogP contribution in [0.15, 0.2) is 22.9 Å². The number of ether oxygens (including phenoxy) is 1. The minimum absolute atomic E-state index is 0.174. The van der Waals surface area contributed by atoms with Crippen LogP contribution in [0.5, 0.6) is 11.5 Å². The first-order chi connectivity index (χ1) is 7.79. The summed E-state index contributed by atoms with van der Waals surface area (Å²) in [7, 11) is 1.54. The van der Waals surface area contributed by atoms with Crippen LogP contribution in [0.1, 0.15) is 11.1 Å². The van der Waals surface area contributed by atoms with Crippen LogP contribution in [-0.2, 0) is 12.8 Å². The Morgan fingerprint density at radius 1 is 1.31 bits per heavy atom. The van der Waals surface area contributed by atoms with Gasteiger partial charge < -0.3 is 14.4 Å². The Labute approximate surface area is 92.5 Å². The van der Waals surface area contributed by atoms with Crippen molar-refractivity contribution in [1.82, 2.24) is 5.16 Å². The molecule has 1 aliphatic carbocycles. The van der Waals surface area contributed by atoms with E-state index in [0.717, 1.165) is 35.2 Å². The zero-order chi connectivity index (χ0) is 11.1. The fourth-order valence-electron chi connectivity index (χ4n) is 2.13. The Hall–Kier alpha value is -1.97. The highest BCUT2D eigenvalue weighted by Crippen LogP contribution is 2.39. The van der Waals surface area contributed by atoms with Crippen molar-refractivity contribution in [2.24, 2.45) is 0 Å². The average molecular weight is 217 g/mol. The first-order valence-electron chi connectivity index (χ1n) is 5.13. The molecule has 0 aliphatic heterocycles. The summed E-state index contributed by atoms with van der Waals surface area (Å²) in [6.45, 7) is 0. The molecular weight excluding hydrogens is 206 g/mol. The van der Waals surface area contributed by atoms with Crippen LogP contribution in [0.3, 0.4) is 0 Å². The van der Waals surface area contributed by atoms with E-state index < -0.39 is 0 Å². The van der Waals surface area contributed by atoms with Crippen LogP contribution in [0.4, 0.5) is 0 Å². The molecule has 4 heteroatoms. The van der Waals surface area contributed by atoms with Crippen LogP contribution in [0, 0.1) is 0 Å². The molecule has 3 rings (SSSR count). The van der Waals surface area contributed by atoms with Gasteiger partial charge in [0.25, 0.3) is 0 Å². The molecule has 16 heavy (non-hydrogen) atoms. The maximum Gasteiger partial charge on any atom is 0.161 e. The number of aromatic nitrogens is 1. The minimum atomic E-state index is 0.174. The molecule has 1 aromatic heterocycles. The molecule has 2 aromatic rings. The van der Waals surface area contributed by atoms with Crippen LogP contribution in [0.25, 0.3) is 11.3 Å². The van der Waals surface area contributed by atoms with E-state index in [1.165, 1.54) is 7.11 Å². The van der Waals surface area contributed by atoms with E-state index in [9.17, 15) is 5.11 Å². The monoisotopic (exact) mass is 217 g/mol. The van der Waals surface area contributed by atoms with Crippen molar-refractivity contribution >= 4 is 0 Å². The van der Waals surface area contributed by atoms with Gasteiger partial charge in [-0.1, -0.05) is 5.16 Å². The number of nitrogens with zero attached hydrogens (tertiary/aromatic N) is 1. The largest absolute Gasteiger partial charge is 0.504 e. The van der Waals surface area contributed by atoms with Crippen molar-refractivity contribution in [1.29, 1.82) is 0 Å².